The first-order chi connectivity index (χ1) is 9.53. The highest BCUT2D eigenvalue weighted by Gasteiger charge is 2.20. The van der Waals surface area contributed by atoms with Gasteiger partial charge >= 0.3 is 0 Å². The van der Waals surface area contributed by atoms with Gasteiger partial charge in [0.15, 0.2) is 0 Å². The van der Waals surface area contributed by atoms with Crippen molar-refractivity contribution in [2.75, 3.05) is 32.1 Å². The molecule has 1 aromatic rings. The molecule has 0 aliphatic heterocycles. The van der Waals surface area contributed by atoms with Crippen LogP contribution >= 0.6 is 0 Å². The lowest BCUT2D eigenvalue weighted by Crippen LogP contribution is -2.38. The van der Waals surface area contributed by atoms with E-state index in [1.54, 1.807) is 0 Å². The smallest absolute Gasteiger partial charge is 0.227 e. The molecule has 1 atom stereocenters. The van der Waals surface area contributed by atoms with E-state index < -0.39 is 0 Å². The minimum Gasteiger partial charge on any atom is -0.378 e. The van der Waals surface area contributed by atoms with Gasteiger partial charge < -0.3 is 15.5 Å². The molecule has 1 rings (SSSR count). The fourth-order valence-corrected chi connectivity index (χ4v) is 2.17. The topological polar surface area (TPSA) is 49.6 Å². The van der Waals surface area contributed by atoms with Gasteiger partial charge in [-0.05, 0) is 31.0 Å². The SMILES string of the molecule is CCC(CN)C(=O)N(CC)Cc1ccc(N(C)C)cc1. The third kappa shape index (κ3) is 4.23. The Kier molecular flexibility index (Phi) is 6.52. The first kappa shape index (κ1) is 16.5. The Hall–Kier alpha value is -1.55. The van der Waals surface area contributed by atoms with Crippen molar-refractivity contribution in [3.05, 3.63) is 29.8 Å². The number of benzene rings is 1. The molecule has 0 bridgehead atoms. The second-order valence-corrected chi connectivity index (χ2v) is 5.25. The summed E-state index contributed by atoms with van der Waals surface area (Å²) < 4.78 is 0. The highest BCUT2D eigenvalue weighted by Crippen LogP contribution is 2.15. The average molecular weight is 277 g/mol. The van der Waals surface area contributed by atoms with E-state index in [1.165, 1.54) is 0 Å². The van der Waals surface area contributed by atoms with E-state index in [2.05, 4.69) is 29.2 Å². The van der Waals surface area contributed by atoms with Gasteiger partial charge in [-0.25, -0.2) is 0 Å². The molecule has 1 unspecified atom stereocenters. The number of carbonyl (C=O) groups excluding carboxylic acids is 1. The highest BCUT2D eigenvalue weighted by molar-refractivity contribution is 5.79. The minimum atomic E-state index is -0.0593. The van der Waals surface area contributed by atoms with E-state index in [9.17, 15) is 4.79 Å². The van der Waals surface area contributed by atoms with Crippen LogP contribution in [0.15, 0.2) is 24.3 Å². The summed E-state index contributed by atoms with van der Waals surface area (Å²) >= 11 is 0. The van der Waals surface area contributed by atoms with Gasteiger partial charge in [0.2, 0.25) is 5.91 Å². The first-order valence-electron chi connectivity index (χ1n) is 7.28. The fourth-order valence-electron chi connectivity index (χ4n) is 2.17. The van der Waals surface area contributed by atoms with E-state index in [1.807, 2.05) is 32.8 Å². The number of amides is 1. The predicted molar refractivity (Wildman–Crippen MR) is 84.7 cm³/mol. The molecular weight excluding hydrogens is 250 g/mol. The lowest BCUT2D eigenvalue weighted by molar-refractivity contribution is -0.135. The van der Waals surface area contributed by atoms with Crippen LogP contribution in [0.5, 0.6) is 0 Å². The van der Waals surface area contributed by atoms with Gasteiger partial charge in [0.05, 0.1) is 5.92 Å². The maximum absolute atomic E-state index is 12.4. The van der Waals surface area contributed by atoms with Crippen molar-refractivity contribution in [2.45, 2.75) is 26.8 Å². The normalized spacial score (nSPS) is 12.1. The van der Waals surface area contributed by atoms with Gasteiger partial charge in [0, 0.05) is 39.4 Å². The number of rotatable bonds is 7. The number of nitrogens with zero attached hydrogens (tertiary/aromatic N) is 2. The van der Waals surface area contributed by atoms with Crippen LogP contribution in [0.1, 0.15) is 25.8 Å². The fraction of sp³-hybridized carbons (Fsp3) is 0.562. The molecular formula is C16H27N3O. The molecule has 4 nitrogen and oxygen atoms in total. The molecule has 2 N–H and O–H groups in total. The van der Waals surface area contributed by atoms with Crippen molar-refractivity contribution in [3.8, 4) is 0 Å². The zero-order valence-electron chi connectivity index (χ0n) is 13.1. The molecule has 0 radical (unpaired) electrons. The molecule has 0 spiro atoms. The van der Waals surface area contributed by atoms with Gasteiger partial charge in [-0.15, -0.1) is 0 Å². The first-order valence-corrected chi connectivity index (χ1v) is 7.28. The Bertz CT molecular complexity index is 410. The Morgan fingerprint density at radius 3 is 2.20 bits per heavy atom. The maximum Gasteiger partial charge on any atom is 0.227 e. The van der Waals surface area contributed by atoms with Gasteiger partial charge in [-0.1, -0.05) is 19.1 Å². The Morgan fingerprint density at radius 2 is 1.80 bits per heavy atom. The van der Waals surface area contributed by atoms with Gasteiger partial charge in [-0.3, -0.25) is 4.79 Å². The maximum atomic E-state index is 12.4. The number of hydrogen-bond donors (Lipinski definition) is 1. The minimum absolute atomic E-state index is 0.0593. The molecule has 1 amide bonds. The lowest BCUT2D eigenvalue weighted by Gasteiger charge is -2.25. The largest absolute Gasteiger partial charge is 0.378 e. The quantitative estimate of drug-likeness (QED) is 0.830. The average Bonchev–Trinajstić information content (AvgIpc) is 2.46. The van der Waals surface area contributed by atoms with Crippen molar-refractivity contribution in [1.29, 1.82) is 0 Å². The Morgan fingerprint density at radius 1 is 1.20 bits per heavy atom. The molecule has 0 fully saturated rings. The summed E-state index contributed by atoms with van der Waals surface area (Å²) in [6.07, 6.45) is 0.797. The summed E-state index contributed by atoms with van der Waals surface area (Å²) in [7, 11) is 4.04. The van der Waals surface area contributed by atoms with E-state index in [0.29, 0.717) is 19.6 Å². The van der Waals surface area contributed by atoms with Crippen LogP contribution in [0.3, 0.4) is 0 Å². The van der Waals surface area contributed by atoms with Gasteiger partial charge in [0.25, 0.3) is 0 Å². The number of nitrogens with two attached hydrogens (primary N) is 1. The third-order valence-electron chi connectivity index (χ3n) is 3.65. The monoisotopic (exact) mass is 277 g/mol. The van der Waals surface area contributed by atoms with Crippen molar-refractivity contribution in [3.63, 3.8) is 0 Å². The highest BCUT2D eigenvalue weighted by atomic mass is 16.2. The molecule has 20 heavy (non-hydrogen) atoms. The second-order valence-electron chi connectivity index (χ2n) is 5.25. The Balaban J connectivity index is 2.75. The van der Waals surface area contributed by atoms with Crippen LogP contribution < -0.4 is 10.6 Å². The predicted octanol–water partition coefficient (Wildman–Crippen LogP) is 2.09. The summed E-state index contributed by atoms with van der Waals surface area (Å²) in [6, 6.07) is 8.31. The molecule has 0 heterocycles. The molecule has 0 aliphatic rings. The van der Waals surface area contributed by atoms with Crippen LogP contribution in [-0.4, -0.2) is 38.0 Å². The molecule has 0 aromatic heterocycles. The molecule has 0 saturated heterocycles. The number of carbonyl (C=O) groups is 1. The van der Waals surface area contributed by atoms with Gasteiger partial charge in [-0.2, -0.15) is 0 Å². The molecule has 112 valence electrons. The third-order valence-corrected chi connectivity index (χ3v) is 3.65. The summed E-state index contributed by atoms with van der Waals surface area (Å²) in [5.74, 6) is 0.102. The molecule has 1 aromatic carbocycles. The van der Waals surface area contributed by atoms with Crippen LogP contribution in [0, 0.1) is 5.92 Å². The van der Waals surface area contributed by atoms with E-state index in [-0.39, 0.29) is 11.8 Å². The zero-order chi connectivity index (χ0) is 15.1. The van der Waals surface area contributed by atoms with Crippen LogP contribution in [0.4, 0.5) is 5.69 Å². The van der Waals surface area contributed by atoms with Crippen LogP contribution in [0.2, 0.25) is 0 Å². The molecule has 0 saturated carbocycles. The van der Waals surface area contributed by atoms with Gasteiger partial charge in [0.1, 0.15) is 0 Å². The second kappa shape index (κ2) is 7.90. The van der Waals surface area contributed by atoms with Crippen molar-refractivity contribution < 1.29 is 4.79 Å². The zero-order valence-corrected chi connectivity index (χ0v) is 13.1. The van der Waals surface area contributed by atoms with Crippen LogP contribution in [-0.2, 0) is 11.3 Å². The summed E-state index contributed by atoms with van der Waals surface area (Å²) in [4.78, 5) is 16.3. The molecule has 0 aliphatic carbocycles. The summed E-state index contributed by atoms with van der Waals surface area (Å²) in [6.45, 7) is 5.81. The Labute approximate surface area is 122 Å². The molecule has 4 heteroatoms. The number of anilines is 1. The summed E-state index contributed by atoms with van der Waals surface area (Å²) in [5.41, 5.74) is 7.98. The van der Waals surface area contributed by atoms with E-state index >= 15 is 0 Å². The van der Waals surface area contributed by atoms with Crippen LogP contribution in [0.25, 0.3) is 0 Å². The lowest BCUT2D eigenvalue weighted by atomic mass is 10.0. The van der Waals surface area contributed by atoms with E-state index in [0.717, 1.165) is 17.7 Å². The van der Waals surface area contributed by atoms with Crippen molar-refractivity contribution in [1.82, 2.24) is 4.90 Å². The van der Waals surface area contributed by atoms with E-state index in [4.69, 9.17) is 5.73 Å². The summed E-state index contributed by atoms with van der Waals surface area (Å²) in [5, 5.41) is 0. The van der Waals surface area contributed by atoms with Crippen molar-refractivity contribution >= 4 is 11.6 Å². The standard InChI is InChI=1S/C16H27N3O/c1-5-14(11-17)16(20)19(6-2)12-13-7-9-15(10-8-13)18(3)4/h7-10,14H,5-6,11-12,17H2,1-4H3. The van der Waals surface area contributed by atoms with Crippen molar-refractivity contribution in [2.24, 2.45) is 11.7 Å². The number of hydrogen-bond acceptors (Lipinski definition) is 3.